The van der Waals surface area contributed by atoms with E-state index in [0.29, 0.717) is 19.4 Å². The molecular weight excluding hydrogens is 452 g/mol. The van der Waals surface area contributed by atoms with Gasteiger partial charge in [0.25, 0.3) is 0 Å². The van der Waals surface area contributed by atoms with Gasteiger partial charge in [0.2, 0.25) is 23.6 Å². The molecule has 0 aromatic rings. The second kappa shape index (κ2) is 15.6. The zero-order valence-corrected chi connectivity index (χ0v) is 19.4. The van der Waals surface area contributed by atoms with Gasteiger partial charge in [0.05, 0.1) is 12.5 Å². The number of carboxylic acid groups (broad SMARTS) is 2. The number of nitrogens with one attached hydrogen (secondary N) is 3. The van der Waals surface area contributed by atoms with E-state index in [-0.39, 0.29) is 12.8 Å². The molecule has 4 atom stereocenters. The van der Waals surface area contributed by atoms with Crippen LogP contribution in [0.5, 0.6) is 0 Å². The average Bonchev–Trinajstić information content (AvgIpc) is 2.72. The summed E-state index contributed by atoms with van der Waals surface area (Å²) in [5.41, 5.74) is 16.1. The van der Waals surface area contributed by atoms with Crippen molar-refractivity contribution in [1.82, 2.24) is 16.0 Å². The van der Waals surface area contributed by atoms with E-state index in [1.54, 1.807) is 13.8 Å². The number of hydrogen-bond donors (Lipinski definition) is 8. The number of primary amides is 1. The molecule has 0 spiro atoms. The highest BCUT2D eigenvalue weighted by molar-refractivity contribution is 5.95. The van der Waals surface area contributed by atoms with Gasteiger partial charge in [-0.1, -0.05) is 13.8 Å². The molecule has 0 fully saturated rings. The first-order valence-corrected chi connectivity index (χ1v) is 10.9. The summed E-state index contributed by atoms with van der Waals surface area (Å²) in [4.78, 5) is 71.3. The van der Waals surface area contributed by atoms with Crippen LogP contribution in [0.25, 0.3) is 0 Å². The molecule has 0 aromatic carbocycles. The molecule has 14 nitrogen and oxygen atoms in total. The molecule has 14 heteroatoms. The molecule has 0 aliphatic heterocycles. The van der Waals surface area contributed by atoms with Crippen LogP contribution in [-0.4, -0.2) is 76.5 Å². The van der Waals surface area contributed by atoms with Crippen molar-refractivity contribution < 1.29 is 39.0 Å². The highest BCUT2D eigenvalue weighted by Crippen LogP contribution is 2.08. The van der Waals surface area contributed by atoms with Gasteiger partial charge < -0.3 is 43.4 Å². The largest absolute Gasteiger partial charge is 0.481 e. The Kier molecular flexibility index (Phi) is 14.1. The van der Waals surface area contributed by atoms with E-state index in [2.05, 4.69) is 16.0 Å². The highest BCUT2D eigenvalue weighted by atomic mass is 16.4. The molecule has 34 heavy (non-hydrogen) atoms. The average molecular weight is 489 g/mol. The first kappa shape index (κ1) is 30.7. The Morgan fingerprint density at radius 2 is 1.35 bits per heavy atom. The van der Waals surface area contributed by atoms with E-state index < -0.39 is 78.5 Å². The second-order valence-electron chi connectivity index (χ2n) is 8.18. The van der Waals surface area contributed by atoms with Crippen molar-refractivity contribution in [2.75, 3.05) is 6.54 Å². The number of rotatable bonds is 17. The summed E-state index contributed by atoms with van der Waals surface area (Å²) in [6, 6.07) is -5.10. The molecule has 0 aliphatic rings. The molecule has 4 unspecified atom stereocenters. The maximum absolute atomic E-state index is 12.9. The Hall–Kier alpha value is -3.26. The van der Waals surface area contributed by atoms with Crippen LogP contribution in [0.15, 0.2) is 0 Å². The van der Waals surface area contributed by atoms with Gasteiger partial charge in [-0.2, -0.15) is 0 Å². The molecule has 194 valence electrons. The number of carbonyl (C=O) groups excluding carboxylic acids is 4. The lowest BCUT2D eigenvalue weighted by atomic mass is 10.0. The Balaban J connectivity index is 5.58. The molecule has 0 heterocycles. The minimum atomic E-state index is -1.38. The number of aliphatic carboxylic acids is 2. The summed E-state index contributed by atoms with van der Waals surface area (Å²) in [6.07, 6.45) is -0.203. The van der Waals surface area contributed by atoms with Crippen molar-refractivity contribution in [3.05, 3.63) is 0 Å². The molecule has 0 saturated carbocycles. The molecule has 0 saturated heterocycles. The zero-order chi connectivity index (χ0) is 26.4. The predicted molar refractivity (Wildman–Crippen MR) is 120 cm³/mol. The van der Waals surface area contributed by atoms with Gasteiger partial charge in [0.15, 0.2) is 0 Å². The lowest BCUT2D eigenvalue weighted by Gasteiger charge is -2.26. The number of carboxylic acids is 2. The Labute approximate surface area is 197 Å². The van der Waals surface area contributed by atoms with E-state index in [1.165, 1.54) is 0 Å². The van der Waals surface area contributed by atoms with Crippen molar-refractivity contribution in [1.29, 1.82) is 0 Å². The lowest BCUT2D eigenvalue weighted by molar-refractivity contribution is -0.143. The standard InChI is InChI=1S/C20H36N6O8/c1-10(2)16(20(33)34)26-19(32)12(5-3-4-8-21)25-18(31)13(6-7-15(28)29)24-17(30)11(22)9-14(23)27/h10-13,16H,3-9,21-22H2,1-2H3,(H2,23,27)(H,24,30)(H,25,31)(H,26,32)(H,28,29)(H,33,34). The zero-order valence-electron chi connectivity index (χ0n) is 19.4. The van der Waals surface area contributed by atoms with Gasteiger partial charge in [0, 0.05) is 6.42 Å². The Morgan fingerprint density at radius 3 is 1.82 bits per heavy atom. The van der Waals surface area contributed by atoms with Crippen LogP contribution in [0.2, 0.25) is 0 Å². The van der Waals surface area contributed by atoms with Crippen molar-refractivity contribution in [3.8, 4) is 0 Å². The van der Waals surface area contributed by atoms with Crippen LogP contribution in [0, 0.1) is 5.92 Å². The van der Waals surface area contributed by atoms with Crippen LogP contribution >= 0.6 is 0 Å². The van der Waals surface area contributed by atoms with Gasteiger partial charge in [-0.25, -0.2) is 4.79 Å². The topological polar surface area (TPSA) is 257 Å². The van der Waals surface area contributed by atoms with Gasteiger partial charge >= 0.3 is 11.9 Å². The maximum Gasteiger partial charge on any atom is 0.326 e. The number of carbonyl (C=O) groups is 6. The third-order valence-corrected chi connectivity index (χ3v) is 4.85. The summed E-state index contributed by atoms with van der Waals surface area (Å²) in [5.74, 6) is -6.28. The quantitative estimate of drug-likeness (QED) is 0.0988. The van der Waals surface area contributed by atoms with E-state index in [1.807, 2.05) is 0 Å². The summed E-state index contributed by atoms with van der Waals surface area (Å²) in [6.45, 7) is 3.54. The fourth-order valence-electron chi connectivity index (χ4n) is 2.93. The van der Waals surface area contributed by atoms with E-state index in [4.69, 9.17) is 22.3 Å². The summed E-state index contributed by atoms with van der Waals surface area (Å²) in [7, 11) is 0. The fraction of sp³-hybridized carbons (Fsp3) is 0.700. The van der Waals surface area contributed by atoms with Crippen LogP contribution < -0.4 is 33.2 Å². The van der Waals surface area contributed by atoms with Crippen LogP contribution in [0.4, 0.5) is 0 Å². The van der Waals surface area contributed by atoms with Crippen LogP contribution in [0.3, 0.4) is 0 Å². The van der Waals surface area contributed by atoms with Gasteiger partial charge in [0.1, 0.15) is 18.1 Å². The van der Waals surface area contributed by atoms with Crippen LogP contribution in [0.1, 0.15) is 52.4 Å². The predicted octanol–water partition coefficient (Wildman–Crippen LogP) is -2.62. The molecular formula is C20H36N6O8. The number of amides is 4. The summed E-state index contributed by atoms with van der Waals surface area (Å²) < 4.78 is 0. The normalized spacial score (nSPS) is 14.4. The fourth-order valence-corrected chi connectivity index (χ4v) is 2.93. The van der Waals surface area contributed by atoms with Gasteiger partial charge in [-0.05, 0) is 38.1 Å². The first-order valence-electron chi connectivity index (χ1n) is 10.9. The minimum absolute atomic E-state index is 0.125. The van der Waals surface area contributed by atoms with Gasteiger partial charge in [-0.3, -0.25) is 24.0 Å². The molecule has 0 radical (unpaired) electrons. The van der Waals surface area contributed by atoms with E-state index >= 15 is 0 Å². The van der Waals surface area contributed by atoms with Crippen molar-refractivity contribution >= 4 is 35.6 Å². The summed E-state index contributed by atoms with van der Waals surface area (Å²) in [5, 5.41) is 25.4. The summed E-state index contributed by atoms with van der Waals surface area (Å²) >= 11 is 0. The molecule has 4 amide bonds. The maximum atomic E-state index is 12.9. The van der Waals surface area contributed by atoms with Crippen molar-refractivity contribution in [3.63, 3.8) is 0 Å². The third kappa shape index (κ3) is 12.1. The molecule has 0 rings (SSSR count). The van der Waals surface area contributed by atoms with E-state index in [0.717, 1.165) is 0 Å². The molecule has 0 aliphatic carbocycles. The highest BCUT2D eigenvalue weighted by Gasteiger charge is 2.31. The molecule has 0 aromatic heterocycles. The Morgan fingerprint density at radius 1 is 0.824 bits per heavy atom. The van der Waals surface area contributed by atoms with Gasteiger partial charge in [-0.15, -0.1) is 0 Å². The SMILES string of the molecule is CC(C)C(NC(=O)C(CCCCN)NC(=O)C(CCC(=O)O)NC(=O)C(N)CC(N)=O)C(=O)O. The second-order valence-corrected chi connectivity index (χ2v) is 8.18. The third-order valence-electron chi connectivity index (χ3n) is 4.85. The van der Waals surface area contributed by atoms with Crippen molar-refractivity contribution in [2.24, 2.45) is 23.1 Å². The van der Waals surface area contributed by atoms with Crippen molar-refractivity contribution in [2.45, 2.75) is 76.5 Å². The minimum Gasteiger partial charge on any atom is -0.481 e. The number of unbranched alkanes of at least 4 members (excludes halogenated alkanes) is 1. The lowest BCUT2D eigenvalue weighted by Crippen LogP contribution is -2.57. The first-order chi connectivity index (χ1) is 15.8. The van der Waals surface area contributed by atoms with Crippen LogP contribution in [-0.2, 0) is 28.8 Å². The smallest absolute Gasteiger partial charge is 0.326 e. The molecule has 11 N–H and O–H groups in total. The monoisotopic (exact) mass is 488 g/mol. The number of hydrogen-bond acceptors (Lipinski definition) is 8. The number of nitrogens with two attached hydrogens (primary N) is 3. The van der Waals surface area contributed by atoms with E-state index in [9.17, 15) is 33.9 Å². The molecule has 0 bridgehead atoms. The Bertz CT molecular complexity index is 745.